The van der Waals surface area contributed by atoms with Gasteiger partial charge in [0.05, 0.1) is 4.92 Å². The highest BCUT2D eigenvalue weighted by Crippen LogP contribution is 2.32. The summed E-state index contributed by atoms with van der Waals surface area (Å²) in [6.45, 7) is 0.761. The molecule has 1 atom stereocenters. The number of nitrogens with two attached hydrogens (primary N) is 1. The summed E-state index contributed by atoms with van der Waals surface area (Å²) in [6, 6.07) is 1.34. The molecule has 0 spiro atoms. The average Bonchev–Trinajstić information content (AvgIpc) is 2.70. The Kier molecular flexibility index (Phi) is 3.58. The van der Waals surface area contributed by atoms with Crippen molar-refractivity contribution in [3.05, 3.63) is 26.9 Å². The number of carbonyl (C=O) groups is 1. The van der Waals surface area contributed by atoms with Crippen molar-refractivity contribution in [1.29, 1.82) is 0 Å². The van der Waals surface area contributed by atoms with Gasteiger partial charge in [-0.1, -0.05) is 0 Å². The molecule has 1 amide bonds. The summed E-state index contributed by atoms with van der Waals surface area (Å²) in [4.78, 5) is 27.5. The van der Waals surface area contributed by atoms with Crippen LogP contribution in [-0.2, 0) is 4.79 Å². The number of hydrogen-bond acceptors (Lipinski definition) is 5. The van der Waals surface area contributed by atoms with E-state index in [4.69, 9.17) is 5.73 Å². The van der Waals surface area contributed by atoms with Gasteiger partial charge in [0.1, 0.15) is 0 Å². The van der Waals surface area contributed by atoms with Crippen LogP contribution in [0.1, 0.15) is 6.42 Å². The second-order valence-corrected chi connectivity index (χ2v) is 4.98. The summed E-state index contributed by atoms with van der Waals surface area (Å²) >= 11 is 3.12. The first-order valence-corrected chi connectivity index (χ1v) is 6.12. The fraction of sp³-hybridized carbons (Fsp3) is 0.400. The van der Waals surface area contributed by atoms with Gasteiger partial charge in [-0.05, 0) is 28.4 Å². The molecule has 1 fully saturated rings. The van der Waals surface area contributed by atoms with Gasteiger partial charge in [-0.15, -0.1) is 0 Å². The molecule has 0 bridgehead atoms. The maximum Gasteiger partial charge on any atom is 0.313 e. The number of anilines is 1. The molecule has 1 aromatic heterocycles. The lowest BCUT2D eigenvalue weighted by Gasteiger charge is -2.15. The number of nitro groups is 1. The van der Waals surface area contributed by atoms with E-state index in [1.54, 1.807) is 0 Å². The second kappa shape index (κ2) is 4.99. The molecule has 2 rings (SSSR count). The van der Waals surface area contributed by atoms with Crippen LogP contribution in [0.25, 0.3) is 0 Å². The third kappa shape index (κ3) is 2.34. The van der Waals surface area contributed by atoms with Crippen LogP contribution in [-0.4, -0.2) is 28.9 Å². The van der Waals surface area contributed by atoms with Crippen molar-refractivity contribution in [2.24, 2.45) is 11.7 Å². The van der Waals surface area contributed by atoms with Gasteiger partial charge < -0.3 is 5.73 Å². The lowest BCUT2D eigenvalue weighted by Crippen LogP contribution is -2.27. The summed E-state index contributed by atoms with van der Waals surface area (Å²) in [6.07, 6.45) is 1.75. The molecule has 2 heterocycles. The minimum Gasteiger partial charge on any atom is -0.330 e. The van der Waals surface area contributed by atoms with Gasteiger partial charge in [0.2, 0.25) is 11.7 Å². The van der Waals surface area contributed by atoms with Crippen LogP contribution >= 0.6 is 15.9 Å². The Labute approximate surface area is 111 Å². The van der Waals surface area contributed by atoms with Crippen molar-refractivity contribution in [3.63, 3.8) is 0 Å². The minimum atomic E-state index is -0.545. The Bertz CT molecular complexity index is 508. The van der Waals surface area contributed by atoms with Crippen LogP contribution in [0.4, 0.5) is 11.5 Å². The molecule has 1 aliphatic heterocycles. The molecule has 96 valence electrons. The van der Waals surface area contributed by atoms with Crippen molar-refractivity contribution in [1.82, 2.24) is 4.98 Å². The molecular formula is C10H11BrN4O3. The first-order chi connectivity index (χ1) is 8.52. The highest BCUT2D eigenvalue weighted by atomic mass is 79.9. The molecule has 1 aromatic rings. The summed E-state index contributed by atoms with van der Waals surface area (Å²) in [5.74, 6) is -0.0601. The van der Waals surface area contributed by atoms with Gasteiger partial charge in [-0.3, -0.25) is 19.8 Å². The van der Waals surface area contributed by atoms with E-state index in [0.29, 0.717) is 24.0 Å². The Hall–Kier alpha value is -1.54. The topological polar surface area (TPSA) is 102 Å². The lowest BCUT2D eigenvalue weighted by atomic mass is 10.1. The molecule has 0 aliphatic carbocycles. The van der Waals surface area contributed by atoms with Gasteiger partial charge in [0.25, 0.3) is 0 Å². The number of amides is 1. The molecule has 2 N–H and O–H groups in total. The van der Waals surface area contributed by atoms with E-state index in [9.17, 15) is 14.9 Å². The molecule has 0 aromatic carbocycles. The summed E-state index contributed by atoms with van der Waals surface area (Å²) < 4.78 is 0.500. The average molecular weight is 315 g/mol. The fourth-order valence-electron chi connectivity index (χ4n) is 1.91. The van der Waals surface area contributed by atoms with Crippen molar-refractivity contribution >= 4 is 33.3 Å². The molecule has 1 unspecified atom stereocenters. The van der Waals surface area contributed by atoms with Crippen LogP contribution in [0, 0.1) is 16.0 Å². The Balaban J connectivity index is 2.39. The van der Waals surface area contributed by atoms with E-state index in [0.717, 1.165) is 0 Å². The molecule has 0 saturated carbocycles. The Morgan fingerprint density at radius 1 is 1.67 bits per heavy atom. The second-order valence-electron chi connectivity index (χ2n) is 4.06. The molecule has 8 heteroatoms. The van der Waals surface area contributed by atoms with E-state index in [1.165, 1.54) is 17.2 Å². The zero-order chi connectivity index (χ0) is 13.3. The third-order valence-corrected chi connectivity index (χ3v) is 3.24. The van der Waals surface area contributed by atoms with Gasteiger partial charge in [0.15, 0.2) is 0 Å². The predicted octanol–water partition coefficient (Wildman–Crippen LogP) is 1.06. The van der Waals surface area contributed by atoms with Gasteiger partial charge in [-0.25, -0.2) is 4.98 Å². The smallest absolute Gasteiger partial charge is 0.313 e. The number of pyridine rings is 1. The molecule has 18 heavy (non-hydrogen) atoms. The van der Waals surface area contributed by atoms with Crippen molar-refractivity contribution < 1.29 is 9.72 Å². The van der Waals surface area contributed by atoms with Crippen LogP contribution < -0.4 is 10.6 Å². The summed E-state index contributed by atoms with van der Waals surface area (Å²) in [5, 5.41) is 11.0. The van der Waals surface area contributed by atoms with Gasteiger partial charge in [-0.2, -0.15) is 0 Å². The SMILES string of the molecule is NCC1CC(=O)N(c2ncc(Br)cc2[N+](=O)[O-])C1. The Morgan fingerprint density at radius 2 is 2.39 bits per heavy atom. The number of nitrogens with zero attached hydrogens (tertiary/aromatic N) is 3. The summed E-state index contributed by atoms with van der Waals surface area (Å²) in [5.41, 5.74) is 5.33. The maximum atomic E-state index is 11.8. The van der Waals surface area contributed by atoms with E-state index in [-0.39, 0.29) is 23.3 Å². The van der Waals surface area contributed by atoms with Gasteiger partial charge >= 0.3 is 5.69 Å². The zero-order valence-corrected chi connectivity index (χ0v) is 11.0. The van der Waals surface area contributed by atoms with Crippen molar-refractivity contribution in [2.75, 3.05) is 18.0 Å². The lowest BCUT2D eigenvalue weighted by molar-refractivity contribution is -0.384. The van der Waals surface area contributed by atoms with Gasteiger partial charge in [0, 0.05) is 29.7 Å². The standard InChI is InChI=1S/C10H11BrN4O3/c11-7-2-8(15(17)18)10(13-4-7)14-5-6(3-12)1-9(14)16/h2,4,6H,1,3,5,12H2. The van der Waals surface area contributed by atoms with Crippen molar-refractivity contribution in [2.45, 2.75) is 6.42 Å². The Morgan fingerprint density at radius 3 is 2.94 bits per heavy atom. The van der Waals surface area contributed by atoms with E-state index in [2.05, 4.69) is 20.9 Å². The largest absolute Gasteiger partial charge is 0.330 e. The van der Waals surface area contributed by atoms with Crippen molar-refractivity contribution in [3.8, 4) is 0 Å². The number of aromatic nitrogens is 1. The first kappa shape index (κ1) is 12.9. The van der Waals surface area contributed by atoms with Crippen LogP contribution in [0.3, 0.4) is 0 Å². The number of carbonyl (C=O) groups excluding carboxylic acids is 1. The first-order valence-electron chi connectivity index (χ1n) is 5.33. The molecule has 1 saturated heterocycles. The quantitative estimate of drug-likeness (QED) is 0.664. The summed E-state index contributed by atoms with van der Waals surface area (Å²) in [7, 11) is 0. The number of halogens is 1. The number of rotatable bonds is 3. The zero-order valence-electron chi connectivity index (χ0n) is 9.38. The monoisotopic (exact) mass is 314 g/mol. The fourth-order valence-corrected chi connectivity index (χ4v) is 2.23. The van der Waals surface area contributed by atoms with E-state index >= 15 is 0 Å². The molecular weight excluding hydrogens is 304 g/mol. The van der Waals surface area contributed by atoms with Crippen LogP contribution in [0.2, 0.25) is 0 Å². The third-order valence-electron chi connectivity index (χ3n) is 2.80. The number of hydrogen-bond donors (Lipinski definition) is 1. The van der Waals surface area contributed by atoms with Crippen LogP contribution in [0.15, 0.2) is 16.7 Å². The molecule has 0 radical (unpaired) electrons. The predicted molar refractivity (Wildman–Crippen MR) is 68.1 cm³/mol. The minimum absolute atomic E-state index is 0.0301. The normalized spacial score (nSPS) is 19.3. The molecule has 1 aliphatic rings. The maximum absolute atomic E-state index is 11.8. The van der Waals surface area contributed by atoms with Crippen LogP contribution in [0.5, 0.6) is 0 Å². The van der Waals surface area contributed by atoms with E-state index in [1.807, 2.05) is 0 Å². The van der Waals surface area contributed by atoms with E-state index < -0.39 is 4.92 Å². The highest BCUT2D eigenvalue weighted by Gasteiger charge is 2.34. The highest BCUT2D eigenvalue weighted by molar-refractivity contribution is 9.10. The molecule has 7 nitrogen and oxygen atoms in total.